The first kappa shape index (κ1) is 27.7. The van der Waals surface area contributed by atoms with Gasteiger partial charge in [-0.1, -0.05) is 67.1 Å². The first-order chi connectivity index (χ1) is 18.4. The van der Waals surface area contributed by atoms with Gasteiger partial charge in [0.1, 0.15) is 0 Å². The van der Waals surface area contributed by atoms with Crippen LogP contribution in [0.4, 0.5) is 0 Å². The number of allylic oxidation sites excluding steroid dienone is 1. The molecule has 1 heterocycles. The number of benzene rings is 2. The number of hydrogen-bond donors (Lipinski definition) is 0. The van der Waals surface area contributed by atoms with E-state index in [2.05, 4.69) is 6.58 Å². The summed E-state index contributed by atoms with van der Waals surface area (Å²) in [7, 11) is 0. The van der Waals surface area contributed by atoms with Crippen LogP contribution in [0.5, 0.6) is 0 Å². The first-order valence-corrected chi connectivity index (χ1v) is 13.9. The van der Waals surface area contributed by atoms with Crippen molar-refractivity contribution < 1.29 is 23.9 Å². The Kier molecular flexibility index (Phi) is 9.80. The van der Waals surface area contributed by atoms with Crippen LogP contribution in [-0.2, 0) is 20.7 Å². The van der Waals surface area contributed by atoms with Gasteiger partial charge < -0.3 is 4.74 Å². The molecule has 1 saturated carbocycles. The molecule has 4 rings (SSSR count). The number of ketones is 3. The molecule has 0 aromatic heterocycles. The van der Waals surface area contributed by atoms with Crippen LogP contribution in [0.3, 0.4) is 0 Å². The molecule has 1 aliphatic carbocycles. The summed E-state index contributed by atoms with van der Waals surface area (Å²) in [6.07, 6.45) is 9.60. The summed E-state index contributed by atoms with van der Waals surface area (Å²) >= 11 is 0. The summed E-state index contributed by atoms with van der Waals surface area (Å²) < 4.78 is 5.03. The lowest BCUT2D eigenvalue weighted by atomic mass is 9.85. The molecule has 0 bridgehead atoms. The third-order valence-electron chi connectivity index (χ3n) is 8.16. The van der Waals surface area contributed by atoms with Crippen molar-refractivity contribution in [1.29, 1.82) is 0 Å². The predicted molar refractivity (Wildman–Crippen MR) is 147 cm³/mol. The maximum absolute atomic E-state index is 13.0. The summed E-state index contributed by atoms with van der Waals surface area (Å²) in [6.45, 7) is 4.39. The van der Waals surface area contributed by atoms with Gasteiger partial charge in [0.25, 0.3) is 0 Å². The van der Waals surface area contributed by atoms with Crippen LogP contribution >= 0.6 is 0 Å². The molecule has 5 heteroatoms. The smallest absolute Gasteiger partial charge is 0.309 e. The molecule has 2 aromatic carbocycles. The second kappa shape index (κ2) is 13.5. The molecule has 0 N–H and O–H groups in total. The van der Waals surface area contributed by atoms with Gasteiger partial charge in [-0.05, 0) is 68.3 Å². The van der Waals surface area contributed by atoms with Gasteiger partial charge in [0.05, 0.1) is 12.5 Å². The Labute approximate surface area is 225 Å². The van der Waals surface area contributed by atoms with Gasteiger partial charge in [-0.2, -0.15) is 0 Å². The van der Waals surface area contributed by atoms with E-state index in [1.165, 1.54) is 0 Å². The Bertz CT molecular complexity index is 1130. The number of hydrogen-bond acceptors (Lipinski definition) is 5. The molecule has 2 aliphatic rings. The number of cyclic esters (lactones) is 1. The zero-order chi connectivity index (χ0) is 26.9. The van der Waals surface area contributed by atoms with Crippen LogP contribution in [-0.4, -0.2) is 29.9 Å². The Morgan fingerprint density at radius 1 is 0.868 bits per heavy atom. The molecule has 1 aliphatic heterocycles. The molecule has 3 unspecified atom stereocenters. The molecule has 0 spiro atoms. The molecule has 38 heavy (non-hydrogen) atoms. The van der Waals surface area contributed by atoms with Gasteiger partial charge in [0, 0.05) is 24.0 Å². The number of rotatable bonds is 12. The normalized spacial score (nSPS) is 23.3. The van der Waals surface area contributed by atoms with Crippen molar-refractivity contribution in [3.05, 3.63) is 83.9 Å². The third kappa shape index (κ3) is 7.59. The fourth-order valence-electron chi connectivity index (χ4n) is 6.04. The molecule has 0 radical (unpaired) electrons. The van der Waals surface area contributed by atoms with Crippen LogP contribution in [0.2, 0.25) is 0 Å². The lowest BCUT2D eigenvalue weighted by Crippen LogP contribution is -2.19. The maximum atomic E-state index is 13.0. The summed E-state index contributed by atoms with van der Waals surface area (Å²) in [5, 5.41) is 0. The van der Waals surface area contributed by atoms with E-state index in [9.17, 15) is 19.2 Å². The second-order valence-corrected chi connectivity index (χ2v) is 11.0. The van der Waals surface area contributed by atoms with E-state index in [1.54, 1.807) is 12.1 Å². The Hall–Kier alpha value is -3.34. The van der Waals surface area contributed by atoms with Gasteiger partial charge in [-0.3, -0.25) is 19.2 Å². The van der Waals surface area contributed by atoms with E-state index in [0.29, 0.717) is 36.8 Å². The highest BCUT2D eigenvalue weighted by molar-refractivity contribution is 6.43. The molecule has 200 valence electrons. The molecule has 1 saturated heterocycles. The largest absolute Gasteiger partial charge is 0.465 e. The van der Waals surface area contributed by atoms with E-state index in [4.69, 9.17) is 4.74 Å². The SMILES string of the molecule is C=CC[C@@H]1CC(CCC(=O)c2ccccc2)CCC(CC(=O)C(=O)c2ccc(CC3CCOC3=O)cc2)C1. The topological polar surface area (TPSA) is 77.5 Å². The lowest BCUT2D eigenvalue weighted by Gasteiger charge is -2.19. The molecule has 5 nitrogen and oxygen atoms in total. The number of carbonyl (C=O) groups excluding carboxylic acids is 4. The number of ether oxygens (including phenoxy) is 1. The highest BCUT2D eigenvalue weighted by atomic mass is 16.5. The maximum Gasteiger partial charge on any atom is 0.309 e. The van der Waals surface area contributed by atoms with Gasteiger partial charge in [0.2, 0.25) is 11.6 Å². The number of esters is 1. The quantitative estimate of drug-likeness (QED) is 0.105. The van der Waals surface area contributed by atoms with E-state index < -0.39 is 5.78 Å². The average molecular weight is 515 g/mol. The van der Waals surface area contributed by atoms with Crippen LogP contribution in [0.15, 0.2) is 67.3 Å². The zero-order valence-electron chi connectivity index (χ0n) is 22.1. The van der Waals surface area contributed by atoms with Crippen molar-refractivity contribution in [3.63, 3.8) is 0 Å². The van der Waals surface area contributed by atoms with E-state index in [-0.39, 0.29) is 35.8 Å². The lowest BCUT2D eigenvalue weighted by molar-refractivity contribution is -0.141. The minimum atomic E-state index is -0.439. The number of carbonyl (C=O) groups is 4. The average Bonchev–Trinajstić information content (AvgIpc) is 3.23. The fourth-order valence-corrected chi connectivity index (χ4v) is 6.04. The summed E-state index contributed by atoms with van der Waals surface area (Å²) in [6, 6.07) is 16.5. The predicted octanol–water partition coefficient (Wildman–Crippen LogP) is 6.60. The molecular weight excluding hydrogens is 476 g/mol. The van der Waals surface area contributed by atoms with Gasteiger partial charge in [0.15, 0.2) is 5.78 Å². The Morgan fingerprint density at radius 2 is 1.58 bits per heavy atom. The van der Waals surface area contributed by atoms with E-state index >= 15 is 0 Å². The van der Waals surface area contributed by atoms with Crippen molar-refractivity contribution in [2.75, 3.05) is 6.61 Å². The van der Waals surface area contributed by atoms with Crippen molar-refractivity contribution in [2.24, 2.45) is 23.7 Å². The standard InChI is InChI=1S/C33H38O5/c1-2-6-25-19-23(13-16-30(34)27-7-4-3-5-8-27)9-10-26(20-25)22-31(35)32(36)28-14-11-24(12-15-28)21-29-17-18-38-33(29)37/h2-5,7-8,11-12,14-15,23,25-26,29H,1,6,9-10,13,16-22H2/t23?,25-,26?,29?/m1/s1. The zero-order valence-corrected chi connectivity index (χ0v) is 22.1. The second-order valence-electron chi connectivity index (χ2n) is 11.0. The van der Waals surface area contributed by atoms with Gasteiger partial charge >= 0.3 is 5.97 Å². The van der Waals surface area contributed by atoms with Crippen molar-refractivity contribution in [2.45, 2.75) is 64.2 Å². The molecule has 4 atom stereocenters. The Morgan fingerprint density at radius 3 is 2.26 bits per heavy atom. The van der Waals surface area contributed by atoms with E-state index in [0.717, 1.165) is 56.1 Å². The first-order valence-electron chi connectivity index (χ1n) is 13.9. The molecule has 2 fully saturated rings. The van der Waals surface area contributed by atoms with Crippen LogP contribution < -0.4 is 0 Å². The summed E-state index contributed by atoms with van der Waals surface area (Å²) in [5.74, 6) is 0.138. The van der Waals surface area contributed by atoms with Crippen molar-refractivity contribution in [1.82, 2.24) is 0 Å². The number of Topliss-reactive ketones (excluding diaryl/α,β-unsaturated/α-hetero) is 3. The van der Waals surface area contributed by atoms with Crippen LogP contribution in [0.25, 0.3) is 0 Å². The summed E-state index contributed by atoms with van der Waals surface area (Å²) in [4.78, 5) is 50.2. The highest BCUT2D eigenvalue weighted by Gasteiger charge is 2.29. The molecular formula is C33H38O5. The van der Waals surface area contributed by atoms with Crippen molar-refractivity contribution >= 4 is 23.3 Å². The van der Waals surface area contributed by atoms with Gasteiger partial charge in [-0.25, -0.2) is 0 Å². The Balaban J connectivity index is 1.30. The summed E-state index contributed by atoms with van der Waals surface area (Å²) in [5.41, 5.74) is 2.13. The minimum Gasteiger partial charge on any atom is -0.465 e. The highest BCUT2D eigenvalue weighted by Crippen LogP contribution is 2.37. The monoisotopic (exact) mass is 514 g/mol. The minimum absolute atomic E-state index is 0.128. The van der Waals surface area contributed by atoms with Gasteiger partial charge in [-0.15, -0.1) is 6.58 Å². The molecule has 2 aromatic rings. The fraction of sp³-hybridized carbons (Fsp3) is 0.455. The molecule has 0 amide bonds. The third-order valence-corrected chi connectivity index (χ3v) is 8.16. The van der Waals surface area contributed by atoms with Crippen molar-refractivity contribution in [3.8, 4) is 0 Å². The van der Waals surface area contributed by atoms with Crippen LogP contribution in [0, 0.1) is 23.7 Å². The van der Waals surface area contributed by atoms with E-state index in [1.807, 2.05) is 48.5 Å². The van der Waals surface area contributed by atoms with Crippen LogP contribution in [0.1, 0.15) is 84.1 Å².